The number of carbonyl (C=O) groups excluding carboxylic acids is 1. The average Bonchev–Trinajstić information content (AvgIpc) is 2.34. The summed E-state index contributed by atoms with van der Waals surface area (Å²) in [6.07, 6.45) is 0. The highest BCUT2D eigenvalue weighted by Gasteiger charge is 2.45. The number of hydrogen-bond donors (Lipinski definition) is 1. The Kier molecular flexibility index (Phi) is 4.74. The standard InChI is InChI=1S/C13H16F2O5S/c1-12(2,3)10-6-4-9(5-7-10)11(16)20-8-13(14,15)21(17,18)19/h4-7H,8H2,1-3H3,(H,17,18,19). The maximum Gasteiger partial charge on any atom is 0.402 e. The van der Waals surface area contributed by atoms with Crippen LogP contribution in [0, 0.1) is 0 Å². The number of alkyl halides is 2. The third-order valence-electron chi connectivity index (χ3n) is 2.74. The van der Waals surface area contributed by atoms with Gasteiger partial charge in [-0.3, -0.25) is 4.55 Å². The van der Waals surface area contributed by atoms with E-state index in [0.717, 1.165) is 5.56 Å². The van der Waals surface area contributed by atoms with Crippen molar-refractivity contribution >= 4 is 16.1 Å². The molecule has 0 unspecified atom stereocenters. The number of hydrogen-bond acceptors (Lipinski definition) is 4. The second-order valence-corrected chi connectivity index (χ2v) is 7.06. The second-order valence-electron chi connectivity index (χ2n) is 5.52. The Bertz CT molecular complexity index is 615. The minimum absolute atomic E-state index is 0.00846. The molecule has 0 fully saturated rings. The molecule has 8 heteroatoms. The van der Waals surface area contributed by atoms with Crippen LogP contribution in [0.1, 0.15) is 36.7 Å². The third-order valence-corrected chi connectivity index (χ3v) is 3.61. The van der Waals surface area contributed by atoms with E-state index in [1.807, 2.05) is 20.8 Å². The van der Waals surface area contributed by atoms with Gasteiger partial charge in [0.25, 0.3) is 0 Å². The minimum Gasteiger partial charge on any atom is -0.454 e. The molecule has 1 aromatic rings. The van der Waals surface area contributed by atoms with Crippen LogP contribution in [0.2, 0.25) is 0 Å². The molecule has 0 aliphatic rings. The summed E-state index contributed by atoms with van der Waals surface area (Å²) in [6, 6.07) is 6.10. The molecule has 0 radical (unpaired) electrons. The fraction of sp³-hybridized carbons (Fsp3) is 0.462. The molecule has 0 aromatic heterocycles. The molecule has 1 aromatic carbocycles. The van der Waals surface area contributed by atoms with Gasteiger partial charge in [-0.1, -0.05) is 32.9 Å². The summed E-state index contributed by atoms with van der Waals surface area (Å²) in [5, 5.41) is -4.53. The van der Waals surface area contributed by atoms with Crippen LogP contribution < -0.4 is 0 Å². The SMILES string of the molecule is CC(C)(C)c1ccc(C(=O)OCC(F)(F)S(=O)(=O)O)cc1. The molecular weight excluding hydrogens is 306 g/mol. The lowest BCUT2D eigenvalue weighted by Gasteiger charge is -2.19. The molecular formula is C13H16F2O5S. The summed E-state index contributed by atoms with van der Waals surface area (Å²) in [4.78, 5) is 11.5. The number of halogens is 2. The first-order chi connectivity index (χ1) is 9.34. The van der Waals surface area contributed by atoms with Crippen LogP contribution in [0.15, 0.2) is 24.3 Å². The number of esters is 1. The van der Waals surface area contributed by atoms with E-state index in [9.17, 15) is 22.0 Å². The largest absolute Gasteiger partial charge is 0.454 e. The van der Waals surface area contributed by atoms with Crippen LogP contribution >= 0.6 is 0 Å². The van der Waals surface area contributed by atoms with Crippen molar-refractivity contribution < 1.29 is 31.3 Å². The summed E-state index contributed by atoms with van der Waals surface area (Å²) in [5.74, 6) is -1.10. The van der Waals surface area contributed by atoms with Crippen LogP contribution in [0.5, 0.6) is 0 Å². The zero-order valence-corrected chi connectivity index (χ0v) is 12.6. The van der Waals surface area contributed by atoms with Crippen LogP contribution in [0.25, 0.3) is 0 Å². The lowest BCUT2D eigenvalue weighted by Crippen LogP contribution is -2.34. The predicted molar refractivity (Wildman–Crippen MR) is 71.9 cm³/mol. The summed E-state index contributed by atoms with van der Waals surface area (Å²) < 4.78 is 59.1. The van der Waals surface area contributed by atoms with E-state index in [1.165, 1.54) is 12.1 Å². The van der Waals surface area contributed by atoms with Crippen molar-refractivity contribution in [1.82, 2.24) is 0 Å². The first kappa shape index (κ1) is 17.5. The maximum atomic E-state index is 12.9. The minimum atomic E-state index is -5.62. The molecule has 21 heavy (non-hydrogen) atoms. The van der Waals surface area contributed by atoms with E-state index in [4.69, 9.17) is 4.55 Å². The van der Waals surface area contributed by atoms with Gasteiger partial charge in [0.1, 0.15) is 0 Å². The topological polar surface area (TPSA) is 80.7 Å². The Labute approximate surface area is 121 Å². The first-order valence-electron chi connectivity index (χ1n) is 5.97. The van der Waals surface area contributed by atoms with Gasteiger partial charge in [0.15, 0.2) is 6.61 Å². The molecule has 118 valence electrons. The van der Waals surface area contributed by atoms with Crippen LogP contribution in [0.3, 0.4) is 0 Å². The van der Waals surface area contributed by atoms with Crippen molar-refractivity contribution in [3.63, 3.8) is 0 Å². The summed E-state index contributed by atoms with van der Waals surface area (Å²) in [5.41, 5.74) is 0.803. The van der Waals surface area contributed by atoms with Gasteiger partial charge in [0, 0.05) is 0 Å². The first-order valence-corrected chi connectivity index (χ1v) is 7.41. The highest BCUT2D eigenvalue weighted by molar-refractivity contribution is 7.86. The molecule has 0 bridgehead atoms. The van der Waals surface area contributed by atoms with E-state index in [1.54, 1.807) is 12.1 Å². The van der Waals surface area contributed by atoms with E-state index >= 15 is 0 Å². The predicted octanol–water partition coefficient (Wildman–Crippen LogP) is 2.62. The Morgan fingerprint density at radius 1 is 1.19 bits per heavy atom. The normalized spacial score (nSPS) is 13.0. The number of benzene rings is 1. The molecule has 0 saturated carbocycles. The molecule has 0 spiro atoms. The van der Waals surface area contributed by atoms with Crippen molar-refractivity contribution in [2.24, 2.45) is 0 Å². The summed E-state index contributed by atoms with van der Waals surface area (Å²) in [7, 11) is -5.62. The van der Waals surface area contributed by atoms with Gasteiger partial charge in [0.2, 0.25) is 0 Å². The second kappa shape index (κ2) is 5.69. The van der Waals surface area contributed by atoms with E-state index in [-0.39, 0.29) is 11.0 Å². The van der Waals surface area contributed by atoms with Crippen molar-refractivity contribution in [3.05, 3.63) is 35.4 Å². The van der Waals surface area contributed by atoms with Crippen LogP contribution in [-0.2, 0) is 20.3 Å². The average molecular weight is 322 g/mol. The van der Waals surface area contributed by atoms with E-state index < -0.39 is 27.9 Å². The summed E-state index contributed by atoms with van der Waals surface area (Å²) >= 11 is 0. The van der Waals surface area contributed by atoms with Gasteiger partial charge in [-0.2, -0.15) is 17.2 Å². The van der Waals surface area contributed by atoms with Crippen molar-refractivity contribution in [3.8, 4) is 0 Å². The Morgan fingerprint density at radius 2 is 1.67 bits per heavy atom. The Morgan fingerprint density at radius 3 is 2.05 bits per heavy atom. The van der Waals surface area contributed by atoms with Crippen molar-refractivity contribution in [1.29, 1.82) is 0 Å². The van der Waals surface area contributed by atoms with Crippen LogP contribution in [0.4, 0.5) is 8.78 Å². The number of rotatable bonds is 4. The monoisotopic (exact) mass is 322 g/mol. The smallest absolute Gasteiger partial charge is 0.402 e. The zero-order valence-electron chi connectivity index (χ0n) is 11.8. The zero-order chi connectivity index (χ0) is 16.5. The molecule has 5 nitrogen and oxygen atoms in total. The maximum absolute atomic E-state index is 12.9. The van der Waals surface area contributed by atoms with E-state index in [2.05, 4.69) is 4.74 Å². The fourth-order valence-corrected chi connectivity index (χ4v) is 1.62. The van der Waals surface area contributed by atoms with Gasteiger partial charge in [0.05, 0.1) is 5.56 Å². The van der Waals surface area contributed by atoms with Gasteiger partial charge < -0.3 is 4.74 Å². The van der Waals surface area contributed by atoms with E-state index in [0.29, 0.717) is 0 Å². The highest BCUT2D eigenvalue weighted by Crippen LogP contribution is 2.23. The molecule has 1 rings (SSSR count). The summed E-state index contributed by atoms with van der Waals surface area (Å²) in [6.45, 7) is 4.15. The third kappa shape index (κ3) is 4.47. The quantitative estimate of drug-likeness (QED) is 0.681. The molecule has 0 atom stereocenters. The number of carbonyl (C=O) groups is 1. The molecule has 0 saturated heterocycles. The van der Waals surface area contributed by atoms with Gasteiger partial charge >= 0.3 is 21.3 Å². The molecule has 0 heterocycles. The van der Waals surface area contributed by atoms with Gasteiger partial charge in [-0.15, -0.1) is 0 Å². The fourth-order valence-electron chi connectivity index (χ4n) is 1.41. The lowest BCUT2D eigenvalue weighted by atomic mass is 9.87. The molecule has 0 aliphatic heterocycles. The Hall–Kier alpha value is -1.54. The Balaban J connectivity index is 2.78. The number of ether oxygens (including phenoxy) is 1. The van der Waals surface area contributed by atoms with Gasteiger partial charge in [-0.05, 0) is 23.1 Å². The lowest BCUT2D eigenvalue weighted by molar-refractivity contribution is -0.00950. The molecule has 1 N–H and O–H groups in total. The van der Waals surface area contributed by atoms with Crippen molar-refractivity contribution in [2.75, 3.05) is 6.61 Å². The molecule has 0 aliphatic carbocycles. The van der Waals surface area contributed by atoms with Crippen molar-refractivity contribution in [2.45, 2.75) is 31.4 Å². The highest BCUT2D eigenvalue weighted by atomic mass is 32.2. The van der Waals surface area contributed by atoms with Crippen LogP contribution in [-0.4, -0.2) is 30.8 Å². The van der Waals surface area contributed by atoms with Gasteiger partial charge in [-0.25, -0.2) is 4.79 Å². The molecule has 0 amide bonds.